The Kier molecular flexibility index (Phi) is 4.46. The van der Waals surface area contributed by atoms with E-state index in [1.165, 1.54) is 0 Å². The molecular formula is C8H12O2. The number of hydrogen-bond donors (Lipinski definition) is 0. The van der Waals surface area contributed by atoms with Crippen molar-refractivity contribution in [2.24, 2.45) is 0 Å². The van der Waals surface area contributed by atoms with E-state index in [9.17, 15) is 9.59 Å². The molecule has 2 nitrogen and oxygen atoms in total. The summed E-state index contributed by atoms with van der Waals surface area (Å²) in [5.41, 5.74) is 0.0912. The van der Waals surface area contributed by atoms with Crippen LogP contribution in [0.5, 0.6) is 0 Å². The second-order valence-corrected chi connectivity index (χ2v) is 2.17. The molecule has 0 aromatic rings. The van der Waals surface area contributed by atoms with E-state index < -0.39 is 0 Å². The number of ketones is 1. The molecule has 0 saturated heterocycles. The van der Waals surface area contributed by atoms with Gasteiger partial charge in [-0.3, -0.25) is 9.59 Å². The van der Waals surface area contributed by atoms with Crippen LogP contribution in [0.1, 0.15) is 26.2 Å². The lowest BCUT2D eigenvalue weighted by atomic mass is 10.1. The first kappa shape index (κ1) is 9.08. The smallest absolute Gasteiger partial charge is 0.165 e. The van der Waals surface area contributed by atoms with E-state index in [1.807, 2.05) is 6.92 Å². The van der Waals surface area contributed by atoms with E-state index in [1.54, 1.807) is 0 Å². The Morgan fingerprint density at radius 2 is 2.20 bits per heavy atom. The quantitative estimate of drug-likeness (QED) is 0.251. The predicted octanol–water partition coefficient (Wildman–Crippen LogP) is 1.50. The number of allylic oxidation sites excluding steroid dienone is 1. The summed E-state index contributed by atoms with van der Waals surface area (Å²) < 4.78 is 0. The molecule has 0 bridgehead atoms. The lowest BCUT2D eigenvalue weighted by molar-refractivity contribution is -0.117. The molecule has 0 fully saturated rings. The fraction of sp³-hybridized carbons (Fsp3) is 0.500. The zero-order valence-electron chi connectivity index (χ0n) is 6.22. The molecule has 0 amide bonds. The van der Waals surface area contributed by atoms with Crippen LogP contribution in [0.25, 0.3) is 0 Å². The summed E-state index contributed by atoms with van der Waals surface area (Å²) in [6.07, 6.45) is 2.77. The molecule has 10 heavy (non-hydrogen) atoms. The second-order valence-electron chi connectivity index (χ2n) is 2.17. The van der Waals surface area contributed by atoms with Gasteiger partial charge in [-0.15, -0.1) is 0 Å². The summed E-state index contributed by atoms with van der Waals surface area (Å²) >= 11 is 0. The number of carbonyl (C=O) groups is 2. The summed E-state index contributed by atoms with van der Waals surface area (Å²) in [5.74, 6) is -0.128. The van der Waals surface area contributed by atoms with Crippen molar-refractivity contribution < 1.29 is 9.59 Å². The van der Waals surface area contributed by atoms with E-state index in [0.29, 0.717) is 12.7 Å². The largest absolute Gasteiger partial charge is 0.298 e. The van der Waals surface area contributed by atoms with Crippen LogP contribution in [-0.2, 0) is 9.59 Å². The summed E-state index contributed by atoms with van der Waals surface area (Å²) in [6, 6.07) is 0. The van der Waals surface area contributed by atoms with Crippen molar-refractivity contribution in [3.8, 4) is 0 Å². The van der Waals surface area contributed by atoms with Gasteiger partial charge >= 0.3 is 0 Å². The fourth-order valence-corrected chi connectivity index (χ4v) is 0.564. The first-order chi connectivity index (χ1) is 4.72. The average molecular weight is 140 g/mol. The standard InChI is InChI=1S/C8H12O2/c1-3-4-5-8(10)7(2)6-9/h6H,2-5H2,1H3. The van der Waals surface area contributed by atoms with Crippen LogP contribution >= 0.6 is 0 Å². The predicted molar refractivity (Wildman–Crippen MR) is 39.7 cm³/mol. The Labute approximate surface area is 60.9 Å². The van der Waals surface area contributed by atoms with E-state index >= 15 is 0 Å². The molecule has 0 saturated carbocycles. The van der Waals surface area contributed by atoms with Crippen molar-refractivity contribution in [1.29, 1.82) is 0 Å². The van der Waals surface area contributed by atoms with Gasteiger partial charge in [0, 0.05) is 6.42 Å². The Hall–Kier alpha value is -0.920. The highest BCUT2D eigenvalue weighted by Gasteiger charge is 2.03. The van der Waals surface area contributed by atoms with Gasteiger partial charge in [0.2, 0.25) is 0 Å². The molecule has 56 valence electrons. The number of carbonyl (C=O) groups excluding carboxylic acids is 2. The van der Waals surface area contributed by atoms with Gasteiger partial charge < -0.3 is 0 Å². The lowest BCUT2D eigenvalue weighted by Gasteiger charge is -1.93. The number of Topliss-reactive ketones (excluding diaryl/α,β-unsaturated/α-hetero) is 1. The molecule has 0 aromatic heterocycles. The number of aldehydes is 1. The third-order valence-electron chi connectivity index (χ3n) is 1.26. The molecule has 0 aliphatic carbocycles. The monoisotopic (exact) mass is 140 g/mol. The van der Waals surface area contributed by atoms with Crippen LogP contribution in [0.15, 0.2) is 12.2 Å². The van der Waals surface area contributed by atoms with Gasteiger partial charge in [-0.2, -0.15) is 0 Å². The van der Waals surface area contributed by atoms with Crippen LogP contribution in [0, 0.1) is 0 Å². The maximum Gasteiger partial charge on any atom is 0.165 e. The topological polar surface area (TPSA) is 34.1 Å². The van der Waals surface area contributed by atoms with E-state index in [-0.39, 0.29) is 11.4 Å². The normalized spacial score (nSPS) is 8.90. The minimum Gasteiger partial charge on any atom is -0.298 e. The molecule has 0 aliphatic heterocycles. The highest BCUT2D eigenvalue weighted by Crippen LogP contribution is 1.99. The van der Waals surface area contributed by atoms with Crippen molar-refractivity contribution in [3.63, 3.8) is 0 Å². The molecule has 0 spiro atoms. The fourth-order valence-electron chi connectivity index (χ4n) is 0.564. The highest BCUT2D eigenvalue weighted by atomic mass is 16.1. The summed E-state index contributed by atoms with van der Waals surface area (Å²) in [7, 11) is 0. The SMILES string of the molecule is C=C(C=O)C(=O)CCCC. The van der Waals surface area contributed by atoms with Crippen LogP contribution in [0.3, 0.4) is 0 Å². The Balaban J connectivity index is 3.62. The van der Waals surface area contributed by atoms with Gasteiger partial charge in [-0.25, -0.2) is 0 Å². The maximum atomic E-state index is 10.8. The van der Waals surface area contributed by atoms with Gasteiger partial charge in [0.25, 0.3) is 0 Å². The number of rotatable bonds is 5. The van der Waals surface area contributed by atoms with Gasteiger partial charge in [0.1, 0.15) is 0 Å². The van der Waals surface area contributed by atoms with E-state index in [2.05, 4.69) is 6.58 Å². The molecule has 0 radical (unpaired) electrons. The van der Waals surface area contributed by atoms with E-state index in [0.717, 1.165) is 12.8 Å². The van der Waals surface area contributed by atoms with Crippen LogP contribution < -0.4 is 0 Å². The average Bonchev–Trinajstić information content (AvgIpc) is 1.98. The summed E-state index contributed by atoms with van der Waals surface area (Å²) in [5, 5.41) is 0. The van der Waals surface area contributed by atoms with Crippen molar-refractivity contribution in [3.05, 3.63) is 12.2 Å². The second kappa shape index (κ2) is 4.91. The van der Waals surface area contributed by atoms with Gasteiger partial charge in [-0.1, -0.05) is 19.9 Å². The van der Waals surface area contributed by atoms with Crippen LogP contribution in [0.2, 0.25) is 0 Å². The summed E-state index contributed by atoms with van der Waals surface area (Å²) in [6.45, 7) is 5.31. The zero-order chi connectivity index (χ0) is 7.98. The van der Waals surface area contributed by atoms with Crippen LogP contribution in [0.4, 0.5) is 0 Å². The van der Waals surface area contributed by atoms with Crippen molar-refractivity contribution in [1.82, 2.24) is 0 Å². The molecule has 0 unspecified atom stereocenters. The molecule has 0 aromatic carbocycles. The Morgan fingerprint density at radius 3 is 2.60 bits per heavy atom. The Bertz CT molecular complexity index is 147. The highest BCUT2D eigenvalue weighted by molar-refractivity contribution is 6.10. The minimum atomic E-state index is -0.128. The van der Waals surface area contributed by atoms with Gasteiger partial charge in [0.15, 0.2) is 12.1 Å². The van der Waals surface area contributed by atoms with Crippen LogP contribution in [-0.4, -0.2) is 12.1 Å². The number of unbranched alkanes of at least 4 members (excludes halogenated alkanes) is 1. The van der Waals surface area contributed by atoms with Crippen molar-refractivity contribution >= 4 is 12.1 Å². The van der Waals surface area contributed by atoms with Crippen molar-refractivity contribution in [2.45, 2.75) is 26.2 Å². The first-order valence-corrected chi connectivity index (χ1v) is 3.39. The maximum absolute atomic E-state index is 10.8. The lowest BCUT2D eigenvalue weighted by Crippen LogP contribution is -2.01. The minimum absolute atomic E-state index is 0.0912. The van der Waals surface area contributed by atoms with Crippen molar-refractivity contribution in [2.75, 3.05) is 0 Å². The third kappa shape index (κ3) is 3.17. The molecule has 0 heterocycles. The molecule has 0 rings (SSSR count). The summed E-state index contributed by atoms with van der Waals surface area (Å²) in [4.78, 5) is 20.8. The molecule has 0 N–H and O–H groups in total. The first-order valence-electron chi connectivity index (χ1n) is 3.39. The molecule has 2 heteroatoms. The van der Waals surface area contributed by atoms with Gasteiger partial charge in [0.05, 0.1) is 5.57 Å². The molecule has 0 atom stereocenters. The molecule has 0 aliphatic rings. The Morgan fingerprint density at radius 1 is 1.60 bits per heavy atom. The molecular weight excluding hydrogens is 128 g/mol. The third-order valence-corrected chi connectivity index (χ3v) is 1.26. The number of hydrogen-bond acceptors (Lipinski definition) is 2. The van der Waals surface area contributed by atoms with E-state index in [4.69, 9.17) is 0 Å². The van der Waals surface area contributed by atoms with Gasteiger partial charge in [-0.05, 0) is 6.42 Å². The zero-order valence-corrected chi connectivity index (χ0v) is 6.22.